The molecule has 0 aliphatic carbocycles. The van der Waals surface area contributed by atoms with Crippen LogP contribution in [0.1, 0.15) is 119 Å². The average Bonchev–Trinajstić information content (AvgIpc) is 2.93. The van der Waals surface area contributed by atoms with Gasteiger partial charge in [-0.15, -0.1) is 0 Å². The van der Waals surface area contributed by atoms with Crippen LogP contribution in [0, 0.1) is 11.8 Å². The molecule has 0 spiro atoms. The molecule has 0 bridgehead atoms. The Labute approximate surface area is 191 Å². The van der Waals surface area contributed by atoms with Crippen LogP contribution in [0.25, 0.3) is 0 Å². The molecule has 0 amide bonds. The highest BCUT2D eigenvalue weighted by atomic mass is 16.5. The summed E-state index contributed by atoms with van der Waals surface area (Å²) in [5.41, 5.74) is 2.94. The third kappa shape index (κ3) is 6.26. The first-order valence-electron chi connectivity index (χ1n) is 12.1. The van der Waals surface area contributed by atoms with E-state index in [1.54, 1.807) is 0 Å². The van der Waals surface area contributed by atoms with Crippen molar-refractivity contribution in [1.29, 1.82) is 0 Å². The lowest BCUT2D eigenvalue weighted by atomic mass is 9.75. The van der Waals surface area contributed by atoms with Crippen LogP contribution in [-0.4, -0.2) is 11.6 Å². The zero-order chi connectivity index (χ0) is 23.8. The summed E-state index contributed by atoms with van der Waals surface area (Å²) in [5, 5.41) is 0. The summed E-state index contributed by atoms with van der Waals surface area (Å²) < 4.78 is 12.8. The van der Waals surface area contributed by atoms with Gasteiger partial charge >= 0.3 is 5.97 Å². The number of carbonyl (C=O) groups excluding carboxylic acids is 1. The van der Waals surface area contributed by atoms with E-state index in [1.165, 1.54) is 12.5 Å². The number of rotatable bonds is 7. The molecule has 3 heteroatoms. The van der Waals surface area contributed by atoms with Gasteiger partial charge in [-0.25, -0.2) is 0 Å². The summed E-state index contributed by atoms with van der Waals surface area (Å²) in [5.74, 6) is 2.77. The fourth-order valence-corrected chi connectivity index (χ4v) is 4.64. The van der Waals surface area contributed by atoms with Crippen molar-refractivity contribution in [1.82, 2.24) is 0 Å². The number of benzene rings is 1. The minimum Gasteiger partial charge on any atom is -0.487 e. The van der Waals surface area contributed by atoms with Crippen molar-refractivity contribution in [2.75, 3.05) is 0 Å². The van der Waals surface area contributed by atoms with Gasteiger partial charge in [0, 0.05) is 30.0 Å². The predicted molar refractivity (Wildman–Crippen MR) is 130 cm³/mol. The average molecular weight is 431 g/mol. The number of hydrogen-bond acceptors (Lipinski definition) is 3. The highest BCUT2D eigenvalue weighted by Gasteiger charge is 2.44. The maximum absolute atomic E-state index is 12.1. The zero-order valence-corrected chi connectivity index (χ0v) is 22.0. The van der Waals surface area contributed by atoms with Crippen molar-refractivity contribution in [3.63, 3.8) is 0 Å². The molecule has 1 aromatic rings. The van der Waals surface area contributed by atoms with Crippen LogP contribution in [0.3, 0.4) is 0 Å². The number of carbonyl (C=O) groups is 1. The minimum absolute atomic E-state index is 0.161. The fourth-order valence-electron chi connectivity index (χ4n) is 4.64. The van der Waals surface area contributed by atoms with Gasteiger partial charge in [-0.05, 0) is 54.4 Å². The Balaban J connectivity index is 2.69. The molecule has 0 N–H and O–H groups in total. The van der Waals surface area contributed by atoms with Gasteiger partial charge in [0.15, 0.2) is 0 Å². The molecular formula is C28H46O3. The first-order valence-corrected chi connectivity index (χ1v) is 12.1. The van der Waals surface area contributed by atoms with Crippen molar-refractivity contribution in [3.05, 3.63) is 22.8 Å². The molecule has 0 unspecified atom stereocenters. The molecule has 1 aliphatic rings. The van der Waals surface area contributed by atoms with E-state index in [0.717, 1.165) is 54.7 Å². The quantitative estimate of drug-likeness (QED) is 0.327. The van der Waals surface area contributed by atoms with Crippen LogP contribution < -0.4 is 9.47 Å². The summed E-state index contributed by atoms with van der Waals surface area (Å²) in [6, 6.07) is 2.16. The predicted octanol–water partition coefficient (Wildman–Crippen LogP) is 7.75. The van der Waals surface area contributed by atoms with Crippen LogP contribution in [0.4, 0.5) is 0 Å². The van der Waals surface area contributed by atoms with Crippen molar-refractivity contribution >= 4 is 5.97 Å². The Morgan fingerprint density at radius 1 is 1.00 bits per heavy atom. The third-order valence-electron chi connectivity index (χ3n) is 6.33. The van der Waals surface area contributed by atoms with E-state index in [9.17, 15) is 4.79 Å². The molecule has 0 saturated heterocycles. The molecule has 0 aromatic heterocycles. The third-order valence-corrected chi connectivity index (χ3v) is 6.33. The maximum Gasteiger partial charge on any atom is 0.308 e. The van der Waals surface area contributed by atoms with Crippen molar-refractivity contribution in [2.24, 2.45) is 11.8 Å². The van der Waals surface area contributed by atoms with E-state index in [4.69, 9.17) is 9.47 Å². The lowest BCUT2D eigenvalue weighted by Crippen LogP contribution is -2.35. The lowest BCUT2D eigenvalue weighted by molar-refractivity contribution is -0.132. The Bertz CT molecular complexity index is 776. The first kappa shape index (κ1) is 25.7. The number of hydrogen-bond donors (Lipinski definition) is 0. The van der Waals surface area contributed by atoms with E-state index in [2.05, 4.69) is 75.3 Å². The molecule has 0 saturated carbocycles. The topological polar surface area (TPSA) is 35.5 Å². The zero-order valence-electron chi connectivity index (χ0n) is 22.0. The second kappa shape index (κ2) is 9.16. The molecule has 1 aromatic carbocycles. The van der Waals surface area contributed by atoms with Crippen LogP contribution in [0.2, 0.25) is 0 Å². The molecule has 1 aliphatic heterocycles. The second-order valence-electron chi connectivity index (χ2n) is 12.5. The Hall–Kier alpha value is -1.51. The van der Waals surface area contributed by atoms with E-state index in [-0.39, 0.29) is 22.4 Å². The summed E-state index contributed by atoms with van der Waals surface area (Å²) in [4.78, 5) is 12.1. The Morgan fingerprint density at radius 3 is 1.90 bits per heavy atom. The second-order valence-corrected chi connectivity index (χ2v) is 12.5. The van der Waals surface area contributed by atoms with Gasteiger partial charge < -0.3 is 9.47 Å². The summed E-state index contributed by atoms with van der Waals surface area (Å²) in [6.45, 7) is 23.8. The Morgan fingerprint density at radius 2 is 1.52 bits per heavy atom. The van der Waals surface area contributed by atoms with E-state index >= 15 is 0 Å². The highest BCUT2D eigenvalue weighted by Crippen LogP contribution is 2.52. The molecule has 2 rings (SSSR count). The van der Waals surface area contributed by atoms with Crippen LogP contribution in [0.15, 0.2) is 6.07 Å². The van der Waals surface area contributed by atoms with Crippen LogP contribution in [0.5, 0.6) is 11.5 Å². The van der Waals surface area contributed by atoms with Crippen molar-refractivity contribution < 1.29 is 14.3 Å². The largest absolute Gasteiger partial charge is 0.487 e. The van der Waals surface area contributed by atoms with Gasteiger partial charge in [0.25, 0.3) is 0 Å². The molecule has 176 valence electrons. The van der Waals surface area contributed by atoms with Gasteiger partial charge in [0.05, 0.1) is 0 Å². The number of fused-ring (bicyclic) bond motifs is 1. The van der Waals surface area contributed by atoms with Gasteiger partial charge in [-0.2, -0.15) is 0 Å². The van der Waals surface area contributed by atoms with Crippen molar-refractivity contribution in [3.8, 4) is 11.5 Å². The molecule has 0 radical (unpaired) electrons. The molecular weight excluding hydrogens is 384 g/mol. The van der Waals surface area contributed by atoms with E-state index in [1.807, 2.05) is 0 Å². The van der Waals surface area contributed by atoms with Crippen molar-refractivity contribution in [2.45, 2.75) is 125 Å². The van der Waals surface area contributed by atoms with Gasteiger partial charge in [0.1, 0.15) is 17.1 Å². The summed E-state index contributed by atoms with van der Waals surface area (Å²) in [6.07, 6.45) is 5.32. The smallest absolute Gasteiger partial charge is 0.308 e. The molecule has 0 fully saturated rings. The van der Waals surface area contributed by atoms with E-state index < -0.39 is 0 Å². The summed E-state index contributed by atoms with van der Waals surface area (Å²) in [7, 11) is 0. The van der Waals surface area contributed by atoms with E-state index in [0.29, 0.717) is 11.8 Å². The van der Waals surface area contributed by atoms with Crippen LogP contribution in [-0.2, 0) is 22.0 Å². The van der Waals surface area contributed by atoms with Gasteiger partial charge in [0.2, 0.25) is 0 Å². The fraction of sp³-hybridized carbons (Fsp3) is 0.750. The number of ether oxygens (including phenoxy) is 2. The maximum atomic E-state index is 12.1. The number of esters is 1. The first-order chi connectivity index (χ1) is 14.1. The minimum atomic E-state index is -0.263. The van der Waals surface area contributed by atoms with Gasteiger partial charge in [-0.3, -0.25) is 4.79 Å². The standard InChI is InChI=1S/C28H46O3/c1-18(2)12-14-28(15-13-19(3)4)17-21-23(31-28)16-22(26(6,7)8)25(30-20(5)29)24(21)27(9,10)11/h16,18-19H,12-15,17H2,1-11H3. The highest BCUT2D eigenvalue weighted by molar-refractivity contribution is 5.72. The molecule has 0 atom stereocenters. The monoisotopic (exact) mass is 430 g/mol. The normalized spacial score (nSPS) is 15.9. The van der Waals surface area contributed by atoms with Gasteiger partial charge in [-0.1, -0.05) is 69.2 Å². The van der Waals surface area contributed by atoms with Crippen LogP contribution >= 0.6 is 0 Å². The SMILES string of the molecule is CC(=O)Oc1c(C(C)(C)C)cc2c(c1C(C)(C)C)CC(CCC(C)C)(CCC(C)C)O2. The summed E-state index contributed by atoms with van der Waals surface area (Å²) >= 11 is 0. The Kier molecular flexibility index (Phi) is 7.61. The molecule has 1 heterocycles. The lowest BCUT2D eigenvalue weighted by Gasteiger charge is -2.31. The molecule has 31 heavy (non-hydrogen) atoms. The molecule has 3 nitrogen and oxygen atoms in total.